The number of pyridine rings is 1. The molecular formula is C17H15NO2. The Kier molecular flexibility index (Phi) is 3.03. The molecule has 0 bridgehead atoms. The quantitative estimate of drug-likeness (QED) is 0.770. The third kappa shape index (κ3) is 2.07. The summed E-state index contributed by atoms with van der Waals surface area (Å²) in [6.45, 7) is 2.01. The van der Waals surface area contributed by atoms with Crippen molar-refractivity contribution in [2.24, 2.45) is 0 Å². The van der Waals surface area contributed by atoms with E-state index < -0.39 is 0 Å². The minimum absolute atomic E-state index is 0.0111. The second-order valence-corrected chi connectivity index (χ2v) is 4.80. The van der Waals surface area contributed by atoms with E-state index in [0.29, 0.717) is 5.39 Å². The molecule has 0 amide bonds. The summed E-state index contributed by atoms with van der Waals surface area (Å²) in [6, 6.07) is 15.1. The first kappa shape index (κ1) is 12.5. The lowest BCUT2D eigenvalue weighted by Crippen LogP contribution is -2.03. The Labute approximate surface area is 116 Å². The first-order valence-electron chi connectivity index (χ1n) is 6.46. The summed E-state index contributed by atoms with van der Waals surface area (Å²) in [5, 5.41) is 0.697. The molecule has 0 radical (unpaired) electrons. The molecule has 3 rings (SSSR count). The van der Waals surface area contributed by atoms with E-state index in [1.165, 1.54) is 0 Å². The molecule has 0 saturated heterocycles. The Morgan fingerprint density at radius 2 is 1.85 bits per heavy atom. The van der Waals surface area contributed by atoms with E-state index in [2.05, 4.69) is 4.98 Å². The van der Waals surface area contributed by atoms with Crippen LogP contribution >= 0.6 is 0 Å². The van der Waals surface area contributed by atoms with Gasteiger partial charge in [0.05, 0.1) is 12.8 Å². The van der Waals surface area contributed by atoms with Gasteiger partial charge in [-0.25, -0.2) is 0 Å². The molecule has 3 aromatic rings. The van der Waals surface area contributed by atoms with Crippen LogP contribution in [0.1, 0.15) is 5.56 Å². The summed E-state index contributed by atoms with van der Waals surface area (Å²) in [4.78, 5) is 15.5. The molecule has 20 heavy (non-hydrogen) atoms. The van der Waals surface area contributed by atoms with Crippen LogP contribution in [0.4, 0.5) is 0 Å². The highest BCUT2D eigenvalue weighted by Gasteiger charge is 2.09. The van der Waals surface area contributed by atoms with Crippen LogP contribution in [0.25, 0.3) is 22.2 Å². The highest BCUT2D eigenvalue weighted by Crippen LogP contribution is 2.29. The number of aromatic nitrogens is 1. The predicted octanol–water partition coefficient (Wildman–Crippen LogP) is 3.51. The van der Waals surface area contributed by atoms with Crippen molar-refractivity contribution in [3.8, 4) is 17.0 Å². The Morgan fingerprint density at radius 1 is 1.05 bits per heavy atom. The Morgan fingerprint density at radius 3 is 2.65 bits per heavy atom. The van der Waals surface area contributed by atoms with Gasteiger partial charge in [-0.3, -0.25) is 4.79 Å². The maximum absolute atomic E-state index is 12.2. The number of fused-ring (bicyclic) bond motifs is 1. The molecule has 1 N–H and O–H groups in total. The van der Waals surface area contributed by atoms with Crippen molar-refractivity contribution in [3.05, 3.63) is 64.3 Å². The number of methoxy groups -OCH3 is 1. The summed E-state index contributed by atoms with van der Waals surface area (Å²) in [7, 11) is 1.64. The molecule has 0 aliphatic rings. The van der Waals surface area contributed by atoms with Crippen LogP contribution in [-0.4, -0.2) is 12.1 Å². The number of hydrogen-bond acceptors (Lipinski definition) is 2. The minimum atomic E-state index is 0.0111. The standard InChI is InChI=1S/C17H15NO2/c1-11-7-8-13(17(9-11)20-2)15-10-16(19)12-5-3-4-6-14(12)18-15/h3-10H,1-2H3,(H,18,19). The van der Waals surface area contributed by atoms with Crippen molar-refractivity contribution < 1.29 is 4.74 Å². The zero-order valence-corrected chi connectivity index (χ0v) is 11.4. The average Bonchev–Trinajstić information content (AvgIpc) is 2.47. The topological polar surface area (TPSA) is 42.1 Å². The van der Waals surface area contributed by atoms with Gasteiger partial charge in [0.25, 0.3) is 0 Å². The maximum atomic E-state index is 12.2. The van der Waals surface area contributed by atoms with Gasteiger partial charge in [-0.1, -0.05) is 18.2 Å². The fourth-order valence-corrected chi connectivity index (χ4v) is 2.36. The molecule has 100 valence electrons. The third-order valence-electron chi connectivity index (χ3n) is 3.38. The minimum Gasteiger partial charge on any atom is -0.496 e. The smallest absolute Gasteiger partial charge is 0.190 e. The third-order valence-corrected chi connectivity index (χ3v) is 3.38. The summed E-state index contributed by atoms with van der Waals surface area (Å²) in [6.07, 6.45) is 0. The number of ether oxygens (including phenoxy) is 1. The number of hydrogen-bond donors (Lipinski definition) is 1. The molecule has 0 atom stereocenters. The molecule has 0 aliphatic carbocycles. The Hall–Kier alpha value is -2.55. The maximum Gasteiger partial charge on any atom is 0.190 e. The molecule has 3 heteroatoms. The van der Waals surface area contributed by atoms with Crippen molar-refractivity contribution >= 4 is 10.9 Å². The summed E-state index contributed by atoms with van der Waals surface area (Å²) in [5.74, 6) is 0.760. The predicted molar refractivity (Wildman–Crippen MR) is 81.3 cm³/mol. The van der Waals surface area contributed by atoms with Crippen molar-refractivity contribution in [1.82, 2.24) is 4.98 Å². The zero-order valence-electron chi connectivity index (χ0n) is 11.4. The van der Waals surface area contributed by atoms with Gasteiger partial charge in [-0.15, -0.1) is 0 Å². The van der Waals surface area contributed by atoms with Crippen LogP contribution in [0.15, 0.2) is 53.3 Å². The lowest BCUT2D eigenvalue weighted by molar-refractivity contribution is 0.416. The van der Waals surface area contributed by atoms with Crippen molar-refractivity contribution in [2.45, 2.75) is 6.92 Å². The molecular weight excluding hydrogens is 250 g/mol. The SMILES string of the molecule is COc1cc(C)ccc1-c1cc(=O)c2ccccc2[nH]1. The molecule has 1 heterocycles. The molecule has 2 aromatic carbocycles. The van der Waals surface area contributed by atoms with Crippen molar-refractivity contribution in [3.63, 3.8) is 0 Å². The monoisotopic (exact) mass is 265 g/mol. The van der Waals surface area contributed by atoms with Gasteiger partial charge < -0.3 is 9.72 Å². The number of aromatic amines is 1. The van der Waals surface area contributed by atoms with Gasteiger partial charge in [-0.2, -0.15) is 0 Å². The second kappa shape index (κ2) is 4.85. The number of benzene rings is 2. The van der Waals surface area contributed by atoms with E-state index in [9.17, 15) is 4.79 Å². The molecule has 0 fully saturated rings. The molecule has 0 unspecified atom stereocenters. The van der Waals surface area contributed by atoms with Gasteiger partial charge in [0, 0.05) is 22.5 Å². The van der Waals surface area contributed by atoms with E-state index in [-0.39, 0.29) is 5.43 Å². The van der Waals surface area contributed by atoms with E-state index in [1.807, 2.05) is 49.4 Å². The first-order valence-corrected chi connectivity index (χ1v) is 6.46. The first-order chi connectivity index (χ1) is 9.69. The van der Waals surface area contributed by atoms with Gasteiger partial charge in [-0.05, 0) is 36.8 Å². The summed E-state index contributed by atoms with van der Waals surface area (Å²) < 4.78 is 5.41. The summed E-state index contributed by atoms with van der Waals surface area (Å²) >= 11 is 0. The number of rotatable bonds is 2. The van der Waals surface area contributed by atoms with Gasteiger partial charge in [0.15, 0.2) is 5.43 Å². The van der Waals surface area contributed by atoms with Crippen LogP contribution in [-0.2, 0) is 0 Å². The van der Waals surface area contributed by atoms with E-state index in [1.54, 1.807) is 13.2 Å². The number of nitrogens with one attached hydrogen (secondary N) is 1. The fourth-order valence-electron chi connectivity index (χ4n) is 2.36. The van der Waals surface area contributed by atoms with Gasteiger partial charge >= 0.3 is 0 Å². The molecule has 0 saturated carbocycles. The van der Waals surface area contributed by atoms with Gasteiger partial charge in [0.2, 0.25) is 0 Å². The number of H-pyrrole nitrogens is 1. The van der Waals surface area contributed by atoms with E-state index in [4.69, 9.17) is 4.74 Å². The summed E-state index contributed by atoms with van der Waals surface area (Å²) in [5.41, 5.74) is 3.62. The van der Waals surface area contributed by atoms with E-state index in [0.717, 1.165) is 28.1 Å². The van der Waals surface area contributed by atoms with Crippen molar-refractivity contribution in [2.75, 3.05) is 7.11 Å². The van der Waals surface area contributed by atoms with Crippen LogP contribution in [0, 0.1) is 6.92 Å². The van der Waals surface area contributed by atoms with E-state index >= 15 is 0 Å². The normalized spacial score (nSPS) is 10.7. The fraction of sp³-hybridized carbons (Fsp3) is 0.118. The Balaban J connectivity index is 2.27. The Bertz CT molecular complexity index is 834. The largest absolute Gasteiger partial charge is 0.496 e. The lowest BCUT2D eigenvalue weighted by atomic mass is 10.1. The molecule has 0 aliphatic heterocycles. The average molecular weight is 265 g/mol. The highest BCUT2D eigenvalue weighted by molar-refractivity contribution is 5.82. The number of para-hydroxylation sites is 1. The van der Waals surface area contributed by atoms with Crippen LogP contribution in [0.5, 0.6) is 5.75 Å². The van der Waals surface area contributed by atoms with Crippen LogP contribution < -0.4 is 10.2 Å². The lowest BCUT2D eigenvalue weighted by Gasteiger charge is -2.10. The molecule has 0 spiro atoms. The number of aryl methyl sites for hydroxylation is 1. The zero-order chi connectivity index (χ0) is 14.1. The second-order valence-electron chi connectivity index (χ2n) is 4.80. The van der Waals surface area contributed by atoms with Crippen LogP contribution in [0.3, 0.4) is 0 Å². The van der Waals surface area contributed by atoms with Gasteiger partial charge in [0.1, 0.15) is 5.75 Å². The highest BCUT2D eigenvalue weighted by atomic mass is 16.5. The van der Waals surface area contributed by atoms with Crippen molar-refractivity contribution in [1.29, 1.82) is 0 Å². The molecule has 1 aromatic heterocycles. The van der Waals surface area contributed by atoms with Crippen LogP contribution in [0.2, 0.25) is 0 Å². The molecule has 3 nitrogen and oxygen atoms in total.